The number of hydrogen-bond acceptors (Lipinski definition) is 8. The Balaban J connectivity index is 3.98. The molecular weight excluding hydrogens is 284 g/mol. The van der Waals surface area contributed by atoms with Gasteiger partial charge in [0.05, 0.1) is 24.0 Å². The number of aliphatic hydroxyl groups is 4. The van der Waals surface area contributed by atoms with Crippen LogP contribution in [0.25, 0.3) is 0 Å². The van der Waals surface area contributed by atoms with Crippen molar-refractivity contribution in [2.75, 3.05) is 20.0 Å². The van der Waals surface area contributed by atoms with Crippen molar-refractivity contribution < 1.29 is 39.5 Å². The predicted octanol–water partition coefficient (Wildman–Crippen LogP) is -0.923. The first-order valence-electron chi connectivity index (χ1n) is 6.59. The molecule has 0 fully saturated rings. The third-order valence-electron chi connectivity index (χ3n) is 2.79. The lowest BCUT2D eigenvalue weighted by atomic mass is 9.99. The minimum absolute atomic E-state index is 0.0198. The van der Waals surface area contributed by atoms with Crippen LogP contribution in [-0.2, 0) is 19.1 Å². The topological polar surface area (TPSA) is 134 Å². The van der Waals surface area contributed by atoms with Crippen LogP contribution in [0.15, 0.2) is 0 Å². The molecule has 0 aromatic heterocycles. The Hall–Kier alpha value is -1.22. The van der Waals surface area contributed by atoms with Gasteiger partial charge >= 0.3 is 11.9 Å². The van der Waals surface area contributed by atoms with E-state index in [1.54, 1.807) is 0 Å². The average molecular weight is 308 g/mol. The summed E-state index contributed by atoms with van der Waals surface area (Å²) in [5.41, 5.74) is -2.78. The van der Waals surface area contributed by atoms with Gasteiger partial charge in [0.25, 0.3) is 0 Å². The van der Waals surface area contributed by atoms with Crippen molar-refractivity contribution >= 4 is 11.9 Å². The minimum atomic E-state index is -1.39. The summed E-state index contributed by atoms with van der Waals surface area (Å²) in [6.45, 7) is 1.59. The first-order chi connectivity index (χ1) is 9.62. The first-order valence-corrected chi connectivity index (χ1v) is 6.59. The van der Waals surface area contributed by atoms with Crippen LogP contribution in [0.1, 0.15) is 39.5 Å². The molecule has 0 heterocycles. The second-order valence-corrected chi connectivity index (χ2v) is 5.45. The molecule has 21 heavy (non-hydrogen) atoms. The quantitative estimate of drug-likeness (QED) is 0.301. The Bertz CT molecular complexity index is 305. The highest BCUT2D eigenvalue weighted by molar-refractivity contribution is 5.72. The smallest absolute Gasteiger partial charge is 0.311 e. The van der Waals surface area contributed by atoms with Crippen LogP contribution >= 0.6 is 0 Å². The van der Waals surface area contributed by atoms with E-state index in [0.717, 1.165) is 0 Å². The number of ether oxygens (including phenoxy) is 2. The number of rotatable bonds is 10. The van der Waals surface area contributed by atoms with Crippen LogP contribution in [0.5, 0.6) is 0 Å². The fraction of sp³-hybridized carbons (Fsp3) is 0.846. The normalized spacial score (nSPS) is 16.7. The summed E-state index contributed by atoms with van der Waals surface area (Å²) < 4.78 is 9.23. The Morgan fingerprint density at radius 1 is 0.857 bits per heavy atom. The predicted molar refractivity (Wildman–Crippen MR) is 70.9 cm³/mol. The Morgan fingerprint density at radius 2 is 1.19 bits per heavy atom. The van der Waals surface area contributed by atoms with Crippen LogP contribution in [0.3, 0.4) is 0 Å². The largest absolute Gasteiger partial charge is 0.428 e. The van der Waals surface area contributed by atoms with Crippen molar-refractivity contribution in [3.8, 4) is 0 Å². The van der Waals surface area contributed by atoms with Crippen molar-refractivity contribution in [3.05, 3.63) is 0 Å². The number of aliphatic hydroxyl groups excluding tert-OH is 2. The standard InChI is InChI=1S/C13H24O8/c1-12(18,3-5-14)7-10(16)20-9-21-11(17)8-13(2,19)4-6-15/h14-15,18-19H,3-9H2,1-2H3. The maximum atomic E-state index is 11.4. The maximum absolute atomic E-state index is 11.4. The second kappa shape index (κ2) is 8.93. The van der Waals surface area contributed by atoms with Crippen LogP contribution in [0.2, 0.25) is 0 Å². The monoisotopic (exact) mass is 308 g/mol. The molecule has 0 aliphatic rings. The first kappa shape index (κ1) is 19.8. The van der Waals surface area contributed by atoms with E-state index in [2.05, 4.69) is 9.47 Å². The Morgan fingerprint density at radius 3 is 1.48 bits per heavy atom. The Labute approximate surface area is 123 Å². The molecule has 2 unspecified atom stereocenters. The summed E-state index contributed by atoms with van der Waals surface area (Å²) in [4.78, 5) is 22.7. The molecule has 4 N–H and O–H groups in total. The number of esters is 2. The summed E-state index contributed by atoms with van der Waals surface area (Å²) in [5.74, 6) is -1.55. The number of carbonyl (C=O) groups is 2. The molecule has 8 nitrogen and oxygen atoms in total. The number of hydrogen-bond donors (Lipinski definition) is 4. The third-order valence-corrected chi connectivity index (χ3v) is 2.79. The van der Waals surface area contributed by atoms with Gasteiger partial charge in [0.15, 0.2) is 0 Å². The van der Waals surface area contributed by atoms with E-state index in [9.17, 15) is 19.8 Å². The van der Waals surface area contributed by atoms with Crippen molar-refractivity contribution in [2.24, 2.45) is 0 Å². The van der Waals surface area contributed by atoms with Crippen molar-refractivity contribution in [1.82, 2.24) is 0 Å². The molecule has 0 radical (unpaired) electrons. The van der Waals surface area contributed by atoms with Crippen LogP contribution in [0.4, 0.5) is 0 Å². The third kappa shape index (κ3) is 10.2. The van der Waals surface area contributed by atoms with E-state index in [-0.39, 0.29) is 38.9 Å². The summed E-state index contributed by atoms with van der Waals surface area (Å²) in [5, 5.41) is 36.7. The van der Waals surface area contributed by atoms with Gasteiger partial charge in [-0.2, -0.15) is 0 Å². The van der Waals surface area contributed by atoms with Gasteiger partial charge in [-0.25, -0.2) is 0 Å². The van der Waals surface area contributed by atoms with Crippen molar-refractivity contribution in [2.45, 2.75) is 50.7 Å². The molecule has 0 aromatic rings. The molecule has 0 saturated carbocycles. The zero-order valence-electron chi connectivity index (χ0n) is 12.4. The van der Waals surface area contributed by atoms with Gasteiger partial charge in [-0.05, 0) is 26.7 Å². The lowest BCUT2D eigenvalue weighted by Crippen LogP contribution is -2.31. The van der Waals surface area contributed by atoms with E-state index in [0.29, 0.717) is 0 Å². The summed E-state index contributed by atoms with van der Waals surface area (Å²) in [7, 11) is 0. The summed E-state index contributed by atoms with van der Waals surface area (Å²) >= 11 is 0. The zero-order chi connectivity index (χ0) is 16.5. The lowest BCUT2D eigenvalue weighted by Gasteiger charge is -2.21. The molecule has 124 valence electrons. The Kier molecular flexibility index (Phi) is 8.41. The molecule has 0 aliphatic carbocycles. The average Bonchev–Trinajstić information content (AvgIpc) is 2.26. The molecule has 0 rings (SSSR count). The van der Waals surface area contributed by atoms with Crippen LogP contribution in [0, 0.1) is 0 Å². The molecule has 2 atom stereocenters. The van der Waals surface area contributed by atoms with E-state index in [1.807, 2.05) is 0 Å². The van der Waals surface area contributed by atoms with Gasteiger partial charge in [-0.15, -0.1) is 0 Å². The van der Waals surface area contributed by atoms with Gasteiger partial charge in [0.1, 0.15) is 0 Å². The van der Waals surface area contributed by atoms with Gasteiger partial charge < -0.3 is 29.9 Å². The minimum Gasteiger partial charge on any atom is -0.428 e. The van der Waals surface area contributed by atoms with Crippen molar-refractivity contribution in [3.63, 3.8) is 0 Å². The molecule has 0 spiro atoms. The second-order valence-electron chi connectivity index (χ2n) is 5.45. The highest BCUT2D eigenvalue weighted by Crippen LogP contribution is 2.16. The molecule has 0 aliphatic heterocycles. The van der Waals surface area contributed by atoms with Crippen LogP contribution < -0.4 is 0 Å². The van der Waals surface area contributed by atoms with E-state index in [1.165, 1.54) is 13.8 Å². The van der Waals surface area contributed by atoms with Gasteiger partial charge in [0, 0.05) is 13.2 Å². The maximum Gasteiger partial charge on any atom is 0.311 e. The molecule has 0 aromatic carbocycles. The fourth-order valence-corrected chi connectivity index (χ4v) is 1.54. The molecule has 8 heteroatoms. The van der Waals surface area contributed by atoms with Crippen LogP contribution in [-0.4, -0.2) is 63.6 Å². The molecule has 0 bridgehead atoms. The SMILES string of the molecule is CC(O)(CCO)CC(=O)OCOC(=O)CC(C)(O)CCO. The lowest BCUT2D eigenvalue weighted by molar-refractivity contribution is -0.172. The summed E-state index contributed by atoms with van der Waals surface area (Å²) in [6.07, 6.45) is -0.640. The highest BCUT2D eigenvalue weighted by atomic mass is 16.7. The number of carbonyl (C=O) groups excluding carboxylic acids is 2. The fourth-order valence-electron chi connectivity index (χ4n) is 1.54. The molecule has 0 saturated heterocycles. The van der Waals surface area contributed by atoms with Gasteiger partial charge in [-0.3, -0.25) is 9.59 Å². The summed E-state index contributed by atoms with van der Waals surface area (Å²) in [6, 6.07) is 0. The van der Waals surface area contributed by atoms with Gasteiger partial charge in [0.2, 0.25) is 6.79 Å². The highest BCUT2D eigenvalue weighted by Gasteiger charge is 2.26. The molecule has 0 amide bonds. The zero-order valence-corrected chi connectivity index (χ0v) is 12.4. The van der Waals surface area contributed by atoms with Gasteiger partial charge in [-0.1, -0.05) is 0 Å². The van der Waals surface area contributed by atoms with Crippen molar-refractivity contribution in [1.29, 1.82) is 0 Å². The molecular formula is C13H24O8. The van der Waals surface area contributed by atoms with E-state index >= 15 is 0 Å². The van der Waals surface area contributed by atoms with E-state index < -0.39 is 29.9 Å². The van der Waals surface area contributed by atoms with E-state index in [4.69, 9.17) is 10.2 Å².